The van der Waals surface area contributed by atoms with E-state index >= 15 is 0 Å². The fraction of sp³-hybridized carbons (Fsp3) is 0.462. The molecule has 1 amide bonds. The zero-order chi connectivity index (χ0) is 15.0. The highest BCUT2D eigenvalue weighted by molar-refractivity contribution is 5.75. The van der Waals surface area contributed by atoms with E-state index in [0.717, 1.165) is 12.1 Å². The van der Waals surface area contributed by atoms with Gasteiger partial charge in [0.25, 0.3) is 0 Å². The highest BCUT2D eigenvalue weighted by Crippen LogP contribution is 2.15. The molecular formula is C13H18F2N2O3. The molecule has 0 saturated heterocycles. The van der Waals surface area contributed by atoms with Gasteiger partial charge in [-0.3, -0.25) is 4.79 Å². The SMILES string of the molecule is NCCCC(=O)NCC(O)COc1ccc(F)c(F)c1. The molecule has 0 spiro atoms. The number of hydrogen-bond acceptors (Lipinski definition) is 4. The zero-order valence-electron chi connectivity index (χ0n) is 10.9. The molecule has 0 aromatic heterocycles. The van der Waals surface area contributed by atoms with Crippen LogP contribution >= 0.6 is 0 Å². The number of halogens is 2. The number of carbonyl (C=O) groups excluding carboxylic acids is 1. The minimum atomic E-state index is -1.02. The minimum absolute atomic E-state index is 0.0209. The van der Waals surface area contributed by atoms with Gasteiger partial charge in [-0.15, -0.1) is 0 Å². The number of benzene rings is 1. The van der Waals surface area contributed by atoms with Gasteiger partial charge in [-0.05, 0) is 25.1 Å². The van der Waals surface area contributed by atoms with E-state index in [1.807, 2.05) is 0 Å². The molecule has 0 fully saturated rings. The van der Waals surface area contributed by atoms with E-state index < -0.39 is 17.7 Å². The van der Waals surface area contributed by atoms with Crippen LogP contribution in [0.2, 0.25) is 0 Å². The summed E-state index contributed by atoms with van der Waals surface area (Å²) in [6, 6.07) is 3.08. The van der Waals surface area contributed by atoms with E-state index in [-0.39, 0.29) is 24.8 Å². The van der Waals surface area contributed by atoms with Crippen LogP contribution in [-0.4, -0.2) is 36.8 Å². The summed E-state index contributed by atoms with van der Waals surface area (Å²) in [6.07, 6.45) is -0.0643. The summed E-state index contributed by atoms with van der Waals surface area (Å²) >= 11 is 0. The maximum absolute atomic E-state index is 12.9. The molecule has 1 unspecified atom stereocenters. The number of amides is 1. The lowest BCUT2D eigenvalue weighted by Crippen LogP contribution is -2.35. The monoisotopic (exact) mass is 288 g/mol. The van der Waals surface area contributed by atoms with Crippen LogP contribution < -0.4 is 15.8 Å². The van der Waals surface area contributed by atoms with Gasteiger partial charge < -0.3 is 20.9 Å². The highest BCUT2D eigenvalue weighted by atomic mass is 19.2. The highest BCUT2D eigenvalue weighted by Gasteiger charge is 2.09. The van der Waals surface area contributed by atoms with Gasteiger partial charge in [0.15, 0.2) is 11.6 Å². The van der Waals surface area contributed by atoms with Crippen molar-refractivity contribution in [2.24, 2.45) is 5.73 Å². The second-order valence-corrected chi connectivity index (χ2v) is 4.24. The first kappa shape index (κ1) is 16.3. The number of hydrogen-bond donors (Lipinski definition) is 3. The third kappa shape index (κ3) is 5.94. The van der Waals surface area contributed by atoms with Gasteiger partial charge in [-0.2, -0.15) is 0 Å². The summed E-state index contributed by atoms with van der Waals surface area (Å²) in [6.45, 7) is 0.310. The lowest BCUT2D eigenvalue weighted by atomic mass is 10.3. The maximum Gasteiger partial charge on any atom is 0.220 e. The number of nitrogens with two attached hydrogens (primary N) is 1. The number of ether oxygens (including phenoxy) is 1. The van der Waals surface area contributed by atoms with Crippen molar-refractivity contribution in [3.8, 4) is 5.75 Å². The van der Waals surface area contributed by atoms with Crippen LogP contribution in [-0.2, 0) is 4.79 Å². The van der Waals surface area contributed by atoms with Gasteiger partial charge in [0.05, 0.1) is 0 Å². The van der Waals surface area contributed by atoms with Crippen molar-refractivity contribution in [1.82, 2.24) is 5.32 Å². The van der Waals surface area contributed by atoms with Gasteiger partial charge in [-0.25, -0.2) is 8.78 Å². The number of aliphatic hydroxyl groups is 1. The maximum atomic E-state index is 12.9. The first-order valence-electron chi connectivity index (χ1n) is 6.25. The number of rotatable bonds is 8. The van der Waals surface area contributed by atoms with Crippen LogP contribution in [0.3, 0.4) is 0 Å². The van der Waals surface area contributed by atoms with Gasteiger partial charge >= 0.3 is 0 Å². The molecule has 0 saturated carbocycles. The summed E-state index contributed by atoms with van der Waals surface area (Å²) in [5, 5.41) is 12.1. The Morgan fingerprint density at radius 3 is 2.80 bits per heavy atom. The molecule has 20 heavy (non-hydrogen) atoms. The van der Waals surface area contributed by atoms with Crippen LogP contribution in [0.15, 0.2) is 18.2 Å². The topological polar surface area (TPSA) is 84.6 Å². The molecule has 0 aliphatic rings. The lowest BCUT2D eigenvalue weighted by molar-refractivity contribution is -0.121. The summed E-state index contributed by atoms with van der Waals surface area (Å²) in [5.74, 6) is -2.09. The average molecular weight is 288 g/mol. The molecule has 1 aromatic carbocycles. The van der Waals surface area contributed by atoms with Gasteiger partial charge in [0, 0.05) is 19.0 Å². The molecule has 0 radical (unpaired) electrons. The largest absolute Gasteiger partial charge is 0.491 e. The Bertz CT molecular complexity index is 444. The molecule has 7 heteroatoms. The molecule has 0 aliphatic carbocycles. The molecule has 1 atom stereocenters. The normalized spacial score (nSPS) is 12.0. The predicted molar refractivity (Wildman–Crippen MR) is 69.2 cm³/mol. The van der Waals surface area contributed by atoms with Crippen molar-refractivity contribution >= 4 is 5.91 Å². The Labute approximate surface area is 115 Å². The molecule has 1 rings (SSSR count). The smallest absolute Gasteiger partial charge is 0.220 e. The van der Waals surface area contributed by atoms with Gasteiger partial charge in [0.1, 0.15) is 18.5 Å². The molecule has 1 aromatic rings. The zero-order valence-corrected chi connectivity index (χ0v) is 10.9. The minimum Gasteiger partial charge on any atom is -0.491 e. The summed E-state index contributed by atoms with van der Waals surface area (Å²) < 4.78 is 30.7. The van der Waals surface area contributed by atoms with E-state index in [4.69, 9.17) is 10.5 Å². The van der Waals surface area contributed by atoms with Crippen LogP contribution in [0.5, 0.6) is 5.75 Å². The molecular weight excluding hydrogens is 270 g/mol. The number of nitrogens with one attached hydrogen (secondary N) is 1. The van der Waals surface area contributed by atoms with Crippen molar-refractivity contribution in [2.75, 3.05) is 19.7 Å². The van der Waals surface area contributed by atoms with Crippen molar-refractivity contribution in [3.05, 3.63) is 29.8 Å². The fourth-order valence-corrected chi connectivity index (χ4v) is 1.40. The van der Waals surface area contributed by atoms with Crippen LogP contribution in [0.25, 0.3) is 0 Å². The Kier molecular flexibility index (Phi) is 6.89. The summed E-state index contributed by atoms with van der Waals surface area (Å²) in [4.78, 5) is 11.3. The average Bonchev–Trinajstić information content (AvgIpc) is 2.44. The number of carbonyl (C=O) groups is 1. The number of aliphatic hydroxyl groups excluding tert-OH is 1. The van der Waals surface area contributed by atoms with Crippen molar-refractivity contribution in [1.29, 1.82) is 0 Å². The van der Waals surface area contributed by atoms with Crippen molar-refractivity contribution < 1.29 is 23.4 Å². The van der Waals surface area contributed by atoms with Crippen LogP contribution in [0, 0.1) is 11.6 Å². The van der Waals surface area contributed by atoms with Gasteiger partial charge in [0.2, 0.25) is 5.91 Å². The van der Waals surface area contributed by atoms with Crippen LogP contribution in [0.1, 0.15) is 12.8 Å². The first-order chi connectivity index (χ1) is 9.52. The summed E-state index contributed by atoms with van der Waals surface area (Å²) in [7, 11) is 0. The molecule has 5 nitrogen and oxygen atoms in total. The quantitative estimate of drug-likeness (QED) is 0.652. The fourth-order valence-electron chi connectivity index (χ4n) is 1.40. The van der Waals surface area contributed by atoms with E-state index in [2.05, 4.69) is 5.32 Å². The van der Waals surface area contributed by atoms with E-state index in [9.17, 15) is 18.7 Å². The first-order valence-corrected chi connectivity index (χ1v) is 6.25. The Balaban J connectivity index is 2.27. The Morgan fingerprint density at radius 2 is 2.15 bits per heavy atom. The molecule has 0 aliphatic heterocycles. The third-order valence-corrected chi connectivity index (χ3v) is 2.48. The molecule has 0 bridgehead atoms. The second-order valence-electron chi connectivity index (χ2n) is 4.24. The van der Waals surface area contributed by atoms with E-state index in [0.29, 0.717) is 19.4 Å². The van der Waals surface area contributed by atoms with Crippen LogP contribution in [0.4, 0.5) is 8.78 Å². The second kappa shape index (κ2) is 8.44. The standard InChI is InChI=1S/C13H18F2N2O3/c14-11-4-3-10(6-12(11)15)20-8-9(18)7-17-13(19)2-1-5-16/h3-4,6,9,18H,1-2,5,7-8,16H2,(H,17,19). The lowest BCUT2D eigenvalue weighted by Gasteiger charge is -2.13. The molecule has 112 valence electrons. The van der Waals surface area contributed by atoms with Gasteiger partial charge in [-0.1, -0.05) is 0 Å². The van der Waals surface area contributed by atoms with E-state index in [1.54, 1.807) is 0 Å². The Hall–Kier alpha value is -1.73. The van der Waals surface area contributed by atoms with Crippen molar-refractivity contribution in [2.45, 2.75) is 18.9 Å². The predicted octanol–water partition coefficient (Wildman–Crippen LogP) is 0.560. The van der Waals surface area contributed by atoms with E-state index in [1.165, 1.54) is 6.07 Å². The molecule has 0 heterocycles. The summed E-state index contributed by atoms with van der Waals surface area (Å²) in [5.41, 5.74) is 5.26. The molecule has 4 N–H and O–H groups in total. The van der Waals surface area contributed by atoms with Crippen molar-refractivity contribution in [3.63, 3.8) is 0 Å². The third-order valence-electron chi connectivity index (χ3n) is 2.48. The Morgan fingerprint density at radius 1 is 1.40 bits per heavy atom.